The van der Waals surface area contributed by atoms with E-state index in [-0.39, 0.29) is 17.2 Å². The first kappa shape index (κ1) is 21.9. The summed E-state index contributed by atoms with van der Waals surface area (Å²) in [5, 5.41) is 9.79. The minimum atomic E-state index is -0.751. The summed E-state index contributed by atoms with van der Waals surface area (Å²) in [6.07, 6.45) is 3.03. The Kier molecular flexibility index (Phi) is 5.78. The SMILES string of the molecule is Cc1cnn(-c2ccc(C)c(NC(=O)C3=CN(C)C(=O)NC3c3ccc(F)cc3)c2)c(=O)c1. The minimum absolute atomic E-state index is 0.277. The first-order valence-corrected chi connectivity index (χ1v) is 10.2. The van der Waals surface area contributed by atoms with Crippen molar-refractivity contribution < 1.29 is 14.0 Å². The summed E-state index contributed by atoms with van der Waals surface area (Å²) < 4.78 is 14.6. The normalized spacial score (nSPS) is 15.6. The predicted molar refractivity (Wildman–Crippen MR) is 121 cm³/mol. The second-order valence-corrected chi connectivity index (χ2v) is 7.87. The Labute approximate surface area is 189 Å². The van der Waals surface area contributed by atoms with Gasteiger partial charge < -0.3 is 15.5 Å². The molecule has 0 spiro atoms. The third kappa shape index (κ3) is 4.52. The van der Waals surface area contributed by atoms with Crippen molar-refractivity contribution >= 4 is 17.6 Å². The van der Waals surface area contributed by atoms with E-state index < -0.39 is 17.8 Å². The van der Waals surface area contributed by atoms with Gasteiger partial charge in [-0.3, -0.25) is 9.59 Å². The second-order valence-electron chi connectivity index (χ2n) is 7.87. The van der Waals surface area contributed by atoms with Crippen molar-refractivity contribution in [3.8, 4) is 5.69 Å². The molecule has 2 N–H and O–H groups in total. The number of rotatable bonds is 4. The second kappa shape index (κ2) is 8.70. The Morgan fingerprint density at radius 3 is 2.52 bits per heavy atom. The van der Waals surface area contributed by atoms with Gasteiger partial charge in [-0.15, -0.1) is 0 Å². The molecule has 0 saturated heterocycles. The van der Waals surface area contributed by atoms with Crippen LogP contribution in [0.2, 0.25) is 0 Å². The van der Waals surface area contributed by atoms with Crippen molar-refractivity contribution in [2.75, 3.05) is 12.4 Å². The average Bonchev–Trinajstić information content (AvgIpc) is 2.77. The first-order valence-electron chi connectivity index (χ1n) is 10.2. The van der Waals surface area contributed by atoms with E-state index in [1.165, 1.54) is 53.2 Å². The molecule has 0 radical (unpaired) electrons. The number of hydrogen-bond donors (Lipinski definition) is 2. The fourth-order valence-corrected chi connectivity index (χ4v) is 3.52. The highest BCUT2D eigenvalue weighted by Crippen LogP contribution is 2.28. The van der Waals surface area contributed by atoms with Crippen LogP contribution in [-0.2, 0) is 4.79 Å². The van der Waals surface area contributed by atoms with Gasteiger partial charge in [0.2, 0.25) is 0 Å². The fourth-order valence-electron chi connectivity index (χ4n) is 3.52. The molecule has 33 heavy (non-hydrogen) atoms. The maximum absolute atomic E-state index is 13.4. The molecule has 3 amide bonds. The van der Waals surface area contributed by atoms with E-state index in [9.17, 15) is 18.8 Å². The largest absolute Gasteiger partial charge is 0.327 e. The molecule has 2 heterocycles. The molecule has 1 atom stereocenters. The molecule has 1 aromatic heterocycles. The van der Waals surface area contributed by atoms with E-state index in [0.717, 1.165) is 11.1 Å². The number of carbonyl (C=O) groups excluding carboxylic acids is 2. The van der Waals surface area contributed by atoms with Gasteiger partial charge in [-0.2, -0.15) is 9.78 Å². The standard InChI is InChI=1S/C24H22FN5O3/c1-14-10-21(31)30(26-12-14)18-9-4-15(2)20(11-18)27-23(32)19-13-29(3)24(33)28-22(19)16-5-7-17(25)8-6-16/h4-13,22H,1-3H3,(H,27,32)(H,28,33). The van der Waals surface area contributed by atoms with Crippen LogP contribution in [0.1, 0.15) is 22.7 Å². The zero-order valence-corrected chi connectivity index (χ0v) is 18.3. The third-order valence-corrected chi connectivity index (χ3v) is 5.35. The Balaban J connectivity index is 1.67. The van der Waals surface area contributed by atoms with Gasteiger partial charge in [-0.1, -0.05) is 18.2 Å². The van der Waals surface area contributed by atoms with Crippen LogP contribution < -0.4 is 16.2 Å². The third-order valence-electron chi connectivity index (χ3n) is 5.35. The number of anilines is 1. The van der Waals surface area contributed by atoms with E-state index in [1.807, 2.05) is 6.92 Å². The lowest BCUT2D eigenvalue weighted by Gasteiger charge is -2.30. The highest BCUT2D eigenvalue weighted by atomic mass is 19.1. The van der Waals surface area contributed by atoms with Crippen LogP contribution >= 0.6 is 0 Å². The molecule has 168 valence electrons. The summed E-state index contributed by atoms with van der Waals surface area (Å²) in [5.41, 5.74) is 3.08. The lowest BCUT2D eigenvalue weighted by Crippen LogP contribution is -2.44. The number of amides is 3. The Hall–Kier alpha value is -4.27. The van der Waals surface area contributed by atoms with Crippen molar-refractivity contribution in [2.24, 2.45) is 0 Å². The molecule has 2 aromatic carbocycles. The zero-order valence-electron chi connectivity index (χ0n) is 18.3. The van der Waals surface area contributed by atoms with Crippen LogP contribution in [0.3, 0.4) is 0 Å². The van der Waals surface area contributed by atoms with E-state index >= 15 is 0 Å². The van der Waals surface area contributed by atoms with Gasteiger partial charge in [0, 0.05) is 25.0 Å². The van der Waals surface area contributed by atoms with Crippen LogP contribution in [0.25, 0.3) is 5.69 Å². The van der Waals surface area contributed by atoms with Gasteiger partial charge in [-0.25, -0.2) is 9.18 Å². The van der Waals surface area contributed by atoms with Crippen molar-refractivity contribution in [2.45, 2.75) is 19.9 Å². The molecule has 0 aliphatic carbocycles. The Morgan fingerprint density at radius 2 is 1.82 bits per heavy atom. The molecule has 1 aliphatic heterocycles. The summed E-state index contributed by atoms with van der Waals surface area (Å²) >= 11 is 0. The molecule has 0 saturated carbocycles. The van der Waals surface area contributed by atoms with Crippen molar-refractivity contribution in [3.05, 3.63) is 99.4 Å². The van der Waals surface area contributed by atoms with Gasteiger partial charge >= 0.3 is 6.03 Å². The monoisotopic (exact) mass is 447 g/mol. The van der Waals surface area contributed by atoms with Gasteiger partial charge in [0.05, 0.1) is 23.5 Å². The number of aryl methyl sites for hydroxylation is 2. The summed E-state index contributed by atoms with van der Waals surface area (Å²) in [7, 11) is 1.53. The smallest absolute Gasteiger partial charge is 0.321 e. The number of aromatic nitrogens is 2. The van der Waals surface area contributed by atoms with E-state index in [4.69, 9.17) is 0 Å². The lowest BCUT2D eigenvalue weighted by molar-refractivity contribution is -0.113. The van der Waals surface area contributed by atoms with Gasteiger partial charge in [0.25, 0.3) is 11.5 Å². The molecule has 0 bridgehead atoms. The van der Waals surface area contributed by atoms with Gasteiger partial charge in [-0.05, 0) is 54.8 Å². The summed E-state index contributed by atoms with van der Waals surface area (Å²) in [6.45, 7) is 3.61. The molecule has 1 aliphatic rings. The minimum Gasteiger partial charge on any atom is -0.327 e. The van der Waals surface area contributed by atoms with E-state index in [0.29, 0.717) is 16.9 Å². The lowest BCUT2D eigenvalue weighted by atomic mass is 9.97. The van der Waals surface area contributed by atoms with E-state index in [1.54, 1.807) is 31.3 Å². The Bertz CT molecular complexity index is 1330. The molecule has 1 unspecified atom stereocenters. The van der Waals surface area contributed by atoms with Crippen LogP contribution in [0.15, 0.2) is 71.3 Å². The van der Waals surface area contributed by atoms with Crippen LogP contribution in [0, 0.1) is 19.7 Å². The number of urea groups is 1. The molecule has 3 aromatic rings. The zero-order chi connectivity index (χ0) is 23.7. The molecule has 4 rings (SSSR count). The summed E-state index contributed by atoms with van der Waals surface area (Å²) in [5.74, 6) is -0.860. The number of nitrogens with one attached hydrogen (secondary N) is 2. The van der Waals surface area contributed by atoms with Crippen molar-refractivity contribution in [1.82, 2.24) is 20.0 Å². The molecular formula is C24H22FN5O3. The summed E-state index contributed by atoms with van der Waals surface area (Å²) in [4.78, 5) is 39.1. The highest BCUT2D eigenvalue weighted by Gasteiger charge is 2.30. The first-order chi connectivity index (χ1) is 15.7. The van der Waals surface area contributed by atoms with Crippen LogP contribution in [0.5, 0.6) is 0 Å². The van der Waals surface area contributed by atoms with Crippen molar-refractivity contribution in [3.63, 3.8) is 0 Å². The number of nitrogens with zero attached hydrogens (tertiary/aromatic N) is 3. The highest BCUT2D eigenvalue weighted by molar-refractivity contribution is 6.06. The van der Waals surface area contributed by atoms with Gasteiger partial charge in [0.15, 0.2) is 0 Å². The van der Waals surface area contributed by atoms with Crippen molar-refractivity contribution in [1.29, 1.82) is 0 Å². The molecule has 0 fully saturated rings. The summed E-state index contributed by atoms with van der Waals surface area (Å²) in [6, 6.07) is 11.1. The Morgan fingerprint density at radius 1 is 1.09 bits per heavy atom. The molecule has 9 heteroatoms. The van der Waals surface area contributed by atoms with E-state index in [2.05, 4.69) is 15.7 Å². The van der Waals surface area contributed by atoms with Crippen LogP contribution in [-0.4, -0.2) is 33.7 Å². The quantitative estimate of drug-likeness (QED) is 0.642. The number of carbonyl (C=O) groups is 2. The van der Waals surface area contributed by atoms with Crippen LogP contribution in [0.4, 0.5) is 14.9 Å². The average molecular weight is 447 g/mol. The topological polar surface area (TPSA) is 96.3 Å². The maximum Gasteiger partial charge on any atom is 0.321 e. The maximum atomic E-state index is 13.4. The number of halogens is 1. The predicted octanol–water partition coefficient (Wildman–Crippen LogP) is 3.21. The number of benzene rings is 2. The molecule has 8 nitrogen and oxygen atoms in total. The molecular weight excluding hydrogens is 425 g/mol. The fraction of sp³-hybridized carbons (Fsp3) is 0.167. The number of hydrogen-bond acceptors (Lipinski definition) is 4. The van der Waals surface area contributed by atoms with Gasteiger partial charge in [0.1, 0.15) is 5.82 Å².